The highest BCUT2D eigenvalue weighted by Gasteiger charge is 2.51. The molecule has 0 atom stereocenters. The van der Waals surface area contributed by atoms with E-state index in [0.29, 0.717) is 0 Å². The van der Waals surface area contributed by atoms with Gasteiger partial charge in [-0.15, -0.1) is 0 Å². The van der Waals surface area contributed by atoms with Crippen molar-refractivity contribution in [3.05, 3.63) is 218 Å². The van der Waals surface area contributed by atoms with Gasteiger partial charge in [-0.2, -0.15) is 0 Å². The predicted octanol–water partition coefficient (Wildman–Crippen LogP) is 6.34. The summed E-state index contributed by atoms with van der Waals surface area (Å²) in [6, 6.07) is 81.1. The molecular weight excluding hydrogens is 649 g/mol. The van der Waals surface area contributed by atoms with Gasteiger partial charge in [0.25, 0.3) is 0 Å². The zero-order chi connectivity index (χ0) is 34.1. The molecule has 0 fully saturated rings. The number of para-hydroxylation sites is 1. The van der Waals surface area contributed by atoms with Crippen LogP contribution in [0.15, 0.2) is 223 Å². The van der Waals surface area contributed by atoms with Crippen molar-refractivity contribution < 1.29 is 4.42 Å². The number of fused-ring (bicyclic) bond motifs is 3. The Morgan fingerprint density at radius 3 is 1.00 bits per heavy atom. The minimum absolute atomic E-state index is 0.911. The molecule has 0 saturated heterocycles. The summed E-state index contributed by atoms with van der Waals surface area (Å²) in [5.74, 6) is 0. The average Bonchev–Trinajstić information content (AvgIpc) is 3.60. The fourth-order valence-electron chi connectivity index (χ4n) is 8.55. The Labute approximate surface area is 301 Å². The third-order valence-electron chi connectivity index (χ3n) is 10.6. The normalized spacial score (nSPS) is 11.9. The summed E-state index contributed by atoms with van der Waals surface area (Å²) in [6.07, 6.45) is 0. The van der Waals surface area contributed by atoms with Crippen LogP contribution in [0.3, 0.4) is 0 Å². The molecule has 0 bridgehead atoms. The Balaban J connectivity index is 1.61. The van der Waals surface area contributed by atoms with Crippen LogP contribution in [0.1, 0.15) is 0 Å². The lowest BCUT2D eigenvalue weighted by molar-refractivity contribution is 0.669. The van der Waals surface area contributed by atoms with Gasteiger partial charge in [0.2, 0.25) is 0 Å². The SMILES string of the molecule is c1ccc([Si](c2ccccc2)(c2ccccc2)c2ccc3oc4ccccc4c3c2[Si](c2ccccc2)(c2ccccc2)c2ccccc2)cc1. The maximum Gasteiger partial charge on any atom is 0.180 e. The van der Waals surface area contributed by atoms with E-state index in [-0.39, 0.29) is 0 Å². The third-order valence-corrected chi connectivity index (χ3v) is 20.5. The molecule has 9 rings (SSSR count). The van der Waals surface area contributed by atoms with Crippen molar-refractivity contribution in [2.75, 3.05) is 0 Å². The second kappa shape index (κ2) is 13.0. The van der Waals surface area contributed by atoms with Crippen molar-refractivity contribution in [3.8, 4) is 0 Å². The van der Waals surface area contributed by atoms with Crippen LogP contribution in [0.4, 0.5) is 0 Å². The van der Waals surface area contributed by atoms with Crippen LogP contribution in [-0.2, 0) is 0 Å². The van der Waals surface area contributed by atoms with Crippen molar-refractivity contribution in [2.45, 2.75) is 0 Å². The van der Waals surface area contributed by atoms with E-state index < -0.39 is 16.1 Å². The van der Waals surface area contributed by atoms with E-state index in [2.05, 4.69) is 218 Å². The maximum absolute atomic E-state index is 6.82. The third kappa shape index (κ3) is 4.89. The fourth-order valence-corrected chi connectivity index (χ4v) is 19.6. The fraction of sp³-hybridized carbons (Fsp3) is 0. The van der Waals surface area contributed by atoms with E-state index in [1.165, 1.54) is 46.9 Å². The zero-order valence-electron chi connectivity index (χ0n) is 28.2. The van der Waals surface area contributed by atoms with Crippen molar-refractivity contribution >= 4 is 79.6 Å². The van der Waals surface area contributed by atoms with E-state index >= 15 is 0 Å². The lowest BCUT2D eigenvalue weighted by Crippen LogP contribution is -2.84. The van der Waals surface area contributed by atoms with E-state index in [4.69, 9.17) is 4.42 Å². The van der Waals surface area contributed by atoms with Crippen molar-refractivity contribution in [3.63, 3.8) is 0 Å². The van der Waals surface area contributed by atoms with Gasteiger partial charge in [0.1, 0.15) is 11.2 Å². The van der Waals surface area contributed by atoms with Crippen LogP contribution in [0.25, 0.3) is 21.9 Å². The maximum atomic E-state index is 6.82. The van der Waals surface area contributed by atoms with Crippen molar-refractivity contribution in [1.82, 2.24) is 0 Å². The van der Waals surface area contributed by atoms with Crippen molar-refractivity contribution in [2.24, 2.45) is 0 Å². The molecule has 0 spiro atoms. The molecule has 9 aromatic rings. The van der Waals surface area contributed by atoms with Gasteiger partial charge in [-0.3, -0.25) is 0 Å². The molecule has 0 aliphatic rings. The Bertz CT molecular complexity index is 2360. The highest BCUT2D eigenvalue weighted by molar-refractivity contribution is 7.27. The molecule has 0 unspecified atom stereocenters. The van der Waals surface area contributed by atoms with E-state index in [1.54, 1.807) is 0 Å². The molecular formula is C48H36OSi2. The Hall–Kier alpha value is -6.01. The Morgan fingerprint density at radius 1 is 0.275 bits per heavy atom. The molecule has 0 saturated carbocycles. The molecule has 0 radical (unpaired) electrons. The van der Waals surface area contributed by atoms with E-state index in [0.717, 1.165) is 16.6 Å². The van der Waals surface area contributed by atoms with Gasteiger partial charge < -0.3 is 4.42 Å². The number of benzene rings is 8. The number of furan rings is 1. The van der Waals surface area contributed by atoms with Gasteiger partial charge in [0, 0.05) is 10.8 Å². The minimum atomic E-state index is -3.12. The first-order valence-electron chi connectivity index (χ1n) is 17.6. The number of rotatable bonds is 8. The van der Waals surface area contributed by atoms with Gasteiger partial charge in [-0.05, 0) is 53.6 Å². The summed E-state index contributed by atoms with van der Waals surface area (Å²) in [5, 5.41) is 13.3. The predicted molar refractivity (Wildman–Crippen MR) is 221 cm³/mol. The molecule has 0 N–H and O–H groups in total. The molecule has 0 amide bonds. The highest BCUT2D eigenvalue weighted by Crippen LogP contribution is 2.29. The van der Waals surface area contributed by atoms with Gasteiger partial charge in [0.15, 0.2) is 16.1 Å². The standard InChI is InChI=1S/C48H36OSi2/c1-7-21-37(22-8-1)50(38-23-9-2-10-24-38,39-25-11-3-12-26-39)46-36-35-45-47(43-33-19-20-34-44(43)49-45)48(46)51(40-27-13-4-14-28-40,41-29-15-5-16-30-41)42-31-17-6-18-32-42/h1-36H. The van der Waals surface area contributed by atoms with E-state index in [1.807, 2.05) is 0 Å². The van der Waals surface area contributed by atoms with Crippen LogP contribution >= 0.6 is 0 Å². The second-order valence-electron chi connectivity index (χ2n) is 13.2. The number of hydrogen-bond acceptors (Lipinski definition) is 1. The van der Waals surface area contributed by atoms with Gasteiger partial charge in [-0.1, -0.05) is 206 Å². The van der Waals surface area contributed by atoms with Gasteiger partial charge in [0.05, 0.1) is 0 Å². The minimum Gasteiger partial charge on any atom is -0.456 e. The molecule has 8 aromatic carbocycles. The summed E-state index contributed by atoms with van der Waals surface area (Å²) < 4.78 is 6.82. The monoisotopic (exact) mass is 684 g/mol. The molecule has 1 heterocycles. The second-order valence-corrected chi connectivity index (χ2v) is 20.7. The summed E-state index contributed by atoms with van der Waals surface area (Å²) in [4.78, 5) is 0. The molecule has 1 nitrogen and oxygen atoms in total. The summed E-state index contributed by atoms with van der Waals surface area (Å²) in [7, 11) is -6.16. The summed E-state index contributed by atoms with van der Waals surface area (Å²) in [5.41, 5.74) is 1.83. The highest BCUT2D eigenvalue weighted by atomic mass is 28.3. The van der Waals surface area contributed by atoms with Crippen LogP contribution < -0.4 is 41.5 Å². The molecule has 242 valence electrons. The zero-order valence-corrected chi connectivity index (χ0v) is 30.2. The molecule has 1 aromatic heterocycles. The lowest BCUT2D eigenvalue weighted by atomic mass is 10.1. The summed E-state index contributed by atoms with van der Waals surface area (Å²) in [6.45, 7) is 0. The van der Waals surface area contributed by atoms with Crippen LogP contribution in [0.2, 0.25) is 0 Å². The van der Waals surface area contributed by atoms with Crippen molar-refractivity contribution in [1.29, 1.82) is 0 Å². The molecule has 51 heavy (non-hydrogen) atoms. The topological polar surface area (TPSA) is 13.1 Å². The first kappa shape index (κ1) is 31.0. The number of hydrogen-bond donors (Lipinski definition) is 0. The van der Waals surface area contributed by atoms with Crippen LogP contribution in [0, 0.1) is 0 Å². The van der Waals surface area contributed by atoms with Gasteiger partial charge >= 0.3 is 0 Å². The van der Waals surface area contributed by atoms with Crippen LogP contribution in [-0.4, -0.2) is 16.1 Å². The van der Waals surface area contributed by atoms with Crippen LogP contribution in [0.5, 0.6) is 0 Å². The average molecular weight is 685 g/mol. The van der Waals surface area contributed by atoms with E-state index in [9.17, 15) is 0 Å². The smallest absolute Gasteiger partial charge is 0.180 e. The molecule has 0 aliphatic heterocycles. The Kier molecular flexibility index (Phi) is 7.92. The molecule has 3 heteroatoms. The Morgan fingerprint density at radius 2 is 0.608 bits per heavy atom. The largest absolute Gasteiger partial charge is 0.456 e. The lowest BCUT2D eigenvalue weighted by Gasteiger charge is -2.42. The first-order chi connectivity index (χ1) is 25.3. The summed E-state index contributed by atoms with van der Waals surface area (Å²) >= 11 is 0. The quantitative estimate of drug-likeness (QED) is 0.135. The molecule has 0 aliphatic carbocycles. The first-order valence-corrected chi connectivity index (χ1v) is 21.6. The van der Waals surface area contributed by atoms with Gasteiger partial charge in [-0.25, -0.2) is 0 Å².